The van der Waals surface area contributed by atoms with Crippen molar-refractivity contribution >= 4 is 5.91 Å². The molecule has 128 valence electrons. The Morgan fingerprint density at radius 1 is 1.33 bits per heavy atom. The molecule has 0 spiro atoms. The lowest BCUT2D eigenvalue weighted by Crippen LogP contribution is -2.53. The fourth-order valence-electron chi connectivity index (χ4n) is 3.07. The van der Waals surface area contributed by atoms with Gasteiger partial charge < -0.3 is 14.1 Å². The summed E-state index contributed by atoms with van der Waals surface area (Å²) in [5.41, 5.74) is 1.15. The van der Waals surface area contributed by atoms with E-state index in [0.29, 0.717) is 36.1 Å². The molecule has 0 bridgehead atoms. The largest absolute Gasteiger partial charge is 0.441 e. The topological polar surface area (TPSA) is 55.6 Å². The summed E-state index contributed by atoms with van der Waals surface area (Å²) in [4.78, 5) is 18.9. The standard InChI is InChI=1S/C18H21FN2O3/c1-11-9-23-10-12(2)21(11)17(22)8-16-13(3)24-18(20-16)14-5-4-6-15(19)7-14/h4-7,11-12H,8-10H2,1-3H3. The molecule has 3 rings (SSSR count). The number of rotatable bonds is 3. The molecule has 2 aromatic rings. The first kappa shape index (κ1) is 16.6. The van der Waals surface area contributed by atoms with Crippen LogP contribution in [-0.2, 0) is 16.0 Å². The molecule has 24 heavy (non-hydrogen) atoms. The maximum Gasteiger partial charge on any atom is 0.229 e. The molecule has 6 heteroatoms. The van der Waals surface area contributed by atoms with Gasteiger partial charge >= 0.3 is 0 Å². The van der Waals surface area contributed by atoms with Crippen molar-refractivity contribution in [1.29, 1.82) is 0 Å². The molecule has 1 aromatic heterocycles. The zero-order chi connectivity index (χ0) is 17.3. The maximum absolute atomic E-state index is 13.4. The van der Waals surface area contributed by atoms with Gasteiger partial charge in [0.2, 0.25) is 11.8 Å². The third kappa shape index (κ3) is 3.33. The van der Waals surface area contributed by atoms with E-state index in [1.807, 2.05) is 18.7 Å². The Labute approximate surface area is 140 Å². The molecule has 0 radical (unpaired) electrons. The van der Waals surface area contributed by atoms with Crippen LogP contribution in [0.5, 0.6) is 0 Å². The van der Waals surface area contributed by atoms with Crippen molar-refractivity contribution in [3.05, 3.63) is 41.5 Å². The zero-order valence-corrected chi connectivity index (χ0v) is 14.1. The van der Waals surface area contributed by atoms with Crippen LogP contribution in [0, 0.1) is 12.7 Å². The van der Waals surface area contributed by atoms with Crippen molar-refractivity contribution in [1.82, 2.24) is 9.88 Å². The number of halogens is 1. The van der Waals surface area contributed by atoms with Gasteiger partial charge in [0, 0.05) is 5.56 Å². The highest BCUT2D eigenvalue weighted by Crippen LogP contribution is 2.23. The number of benzene rings is 1. The van der Waals surface area contributed by atoms with Gasteiger partial charge in [0.25, 0.3) is 0 Å². The Bertz CT molecular complexity index is 734. The molecule has 0 aliphatic carbocycles. The smallest absolute Gasteiger partial charge is 0.229 e. The van der Waals surface area contributed by atoms with Crippen LogP contribution >= 0.6 is 0 Å². The van der Waals surface area contributed by atoms with Crippen LogP contribution in [0.3, 0.4) is 0 Å². The fraction of sp³-hybridized carbons (Fsp3) is 0.444. The summed E-state index contributed by atoms with van der Waals surface area (Å²) < 4.78 is 24.4. The number of nitrogens with zero attached hydrogens (tertiary/aromatic N) is 2. The van der Waals surface area contributed by atoms with Crippen LogP contribution in [0.25, 0.3) is 11.5 Å². The second-order valence-corrected chi connectivity index (χ2v) is 6.25. The number of aryl methyl sites for hydroxylation is 1. The summed E-state index contributed by atoms with van der Waals surface area (Å²) in [6.07, 6.45) is 0.166. The van der Waals surface area contributed by atoms with E-state index < -0.39 is 0 Å². The summed E-state index contributed by atoms with van der Waals surface area (Å²) in [5.74, 6) is 0.562. The molecule has 1 aliphatic heterocycles. The highest BCUT2D eigenvalue weighted by Gasteiger charge is 2.30. The second-order valence-electron chi connectivity index (χ2n) is 6.25. The summed E-state index contributed by atoms with van der Waals surface area (Å²) >= 11 is 0. The van der Waals surface area contributed by atoms with Gasteiger partial charge in [-0.1, -0.05) is 6.07 Å². The molecule has 1 aromatic carbocycles. The van der Waals surface area contributed by atoms with Crippen LogP contribution in [-0.4, -0.2) is 41.1 Å². The van der Waals surface area contributed by atoms with Crippen molar-refractivity contribution < 1.29 is 18.3 Å². The Kier molecular flexibility index (Phi) is 4.66. The second kappa shape index (κ2) is 6.73. The predicted octanol–water partition coefficient (Wildman–Crippen LogP) is 2.97. The number of amides is 1. The number of carbonyl (C=O) groups excluding carboxylic acids is 1. The van der Waals surface area contributed by atoms with E-state index in [1.165, 1.54) is 12.1 Å². The van der Waals surface area contributed by atoms with Gasteiger partial charge in [0.15, 0.2) is 0 Å². The Morgan fingerprint density at radius 3 is 2.71 bits per heavy atom. The number of hydrogen-bond acceptors (Lipinski definition) is 4. The van der Waals surface area contributed by atoms with Gasteiger partial charge in [-0.05, 0) is 39.0 Å². The first-order valence-corrected chi connectivity index (χ1v) is 8.07. The lowest BCUT2D eigenvalue weighted by atomic mass is 10.1. The minimum Gasteiger partial charge on any atom is -0.441 e. The van der Waals surface area contributed by atoms with Crippen LogP contribution in [0.1, 0.15) is 25.3 Å². The summed E-state index contributed by atoms with van der Waals surface area (Å²) in [5, 5.41) is 0. The molecule has 2 unspecified atom stereocenters. The Balaban J connectivity index is 1.79. The molecule has 1 amide bonds. The fourth-order valence-corrected chi connectivity index (χ4v) is 3.07. The van der Waals surface area contributed by atoms with Crippen LogP contribution in [0.15, 0.2) is 28.7 Å². The number of oxazole rings is 1. The minimum atomic E-state index is -0.350. The molecular formula is C18H21FN2O3. The van der Waals surface area contributed by atoms with E-state index in [2.05, 4.69) is 4.98 Å². The number of carbonyl (C=O) groups is 1. The third-order valence-corrected chi connectivity index (χ3v) is 4.24. The SMILES string of the molecule is Cc1oc(-c2cccc(F)c2)nc1CC(=O)N1C(C)COCC1C. The van der Waals surface area contributed by atoms with E-state index in [9.17, 15) is 9.18 Å². The van der Waals surface area contributed by atoms with E-state index in [1.54, 1.807) is 19.1 Å². The molecule has 1 aliphatic rings. The van der Waals surface area contributed by atoms with Crippen LogP contribution in [0.2, 0.25) is 0 Å². The predicted molar refractivity (Wildman–Crippen MR) is 86.9 cm³/mol. The van der Waals surface area contributed by atoms with Crippen LogP contribution < -0.4 is 0 Å². The van der Waals surface area contributed by atoms with Crippen molar-refractivity contribution in [2.24, 2.45) is 0 Å². The van der Waals surface area contributed by atoms with E-state index in [-0.39, 0.29) is 30.2 Å². The maximum atomic E-state index is 13.4. The molecule has 0 saturated carbocycles. The number of hydrogen-bond donors (Lipinski definition) is 0. The lowest BCUT2D eigenvalue weighted by Gasteiger charge is -2.38. The summed E-state index contributed by atoms with van der Waals surface area (Å²) in [7, 11) is 0. The first-order valence-electron chi connectivity index (χ1n) is 8.07. The molecular weight excluding hydrogens is 311 g/mol. The summed E-state index contributed by atoms with van der Waals surface area (Å²) in [6.45, 7) is 6.80. The minimum absolute atomic E-state index is 0.000456. The van der Waals surface area contributed by atoms with Crippen molar-refractivity contribution in [2.45, 2.75) is 39.3 Å². The van der Waals surface area contributed by atoms with Gasteiger partial charge in [-0.2, -0.15) is 0 Å². The molecule has 0 N–H and O–H groups in total. The quantitative estimate of drug-likeness (QED) is 0.867. The number of morpholine rings is 1. The third-order valence-electron chi connectivity index (χ3n) is 4.24. The highest BCUT2D eigenvalue weighted by molar-refractivity contribution is 5.79. The van der Waals surface area contributed by atoms with E-state index >= 15 is 0 Å². The average molecular weight is 332 g/mol. The van der Waals surface area contributed by atoms with Crippen molar-refractivity contribution in [3.8, 4) is 11.5 Å². The molecule has 5 nitrogen and oxygen atoms in total. The van der Waals surface area contributed by atoms with Gasteiger partial charge in [-0.25, -0.2) is 9.37 Å². The first-order chi connectivity index (χ1) is 11.5. The van der Waals surface area contributed by atoms with Crippen LogP contribution in [0.4, 0.5) is 4.39 Å². The molecule has 1 saturated heterocycles. The van der Waals surface area contributed by atoms with E-state index in [0.717, 1.165) is 0 Å². The number of ether oxygens (including phenoxy) is 1. The van der Waals surface area contributed by atoms with Gasteiger partial charge in [-0.3, -0.25) is 4.79 Å². The number of aromatic nitrogens is 1. The van der Waals surface area contributed by atoms with Gasteiger partial charge in [-0.15, -0.1) is 0 Å². The normalized spacial score (nSPS) is 21.1. The van der Waals surface area contributed by atoms with Gasteiger partial charge in [0.05, 0.1) is 37.4 Å². The lowest BCUT2D eigenvalue weighted by molar-refractivity contribution is -0.143. The average Bonchev–Trinajstić information content (AvgIpc) is 2.88. The Morgan fingerprint density at radius 2 is 2.04 bits per heavy atom. The molecule has 1 fully saturated rings. The monoisotopic (exact) mass is 332 g/mol. The zero-order valence-electron chi connectivity index (χ0n) is 14.1. The van der Waals surface area contributed by atoms with Crippen molar-refractivity contribution in [3.63, 3.8) is 0 Å². The highest BCUT2D eigenvalue weighted by atomic mass is 19.1. The Hall–Kier alpha value is -2.21. The molecule has 2 atom stereocenters. The summed E-state index contributed by atoms with van der Waals surface area (Å²) in [6, 6.07) is 6.14. The van der Waals surface area contributed by atoms with E-state index in [4.69, 9.17) is 9.15 Å². The molecule has 2 heterocycles. The van der Waals surface area contributed by atoms with Crippen molar-refractivity contribution in [2.75, 3.05) is 13.2 Å². The van der Waals surface area contributed by atoms with Gasteiger partial charge in [0.1, 0.15) is 11.6 Å².